The fourth-order valence-electron chi connectivity index (χ4n) is 4.45. The van der Waals surface area contributed by atoms with E-state index in [9.17, 15) is 14.4 Å². The zero-order valence-corrected chi connectivity index (χ0v) is 21.8. The Morgan fingerprint density at radius 2 is 1.71 bits per heavy atom. The second-order valence-electron chi connectivity index (χ2n) is 9.27. The minimum Gasteiger partial charge on any atom is -0.462 e. The number of aryl methyl sites for hydroxylation is 1. The third-order valence-corrected chi connectivity index (χ3v) is 6.51. The minimum atomic E-state index is -0.329. The number of rotatable bonds is 8. The van der Waals surface area contributed by atoms with Crippen molar-refractivity contribution in [3.8, 4) is 0 Å². The average molecular weight is 512 g/mol. The number of hydrogen-bond donors (Lipinski definition) is 2. The van der Waals surface area contributed by atoms with Crippen LogP contribution in [0.2, 0.25) is 0 Å². The predicted octanol–water partition coefficient (Wildman–Crippen LogP) is 6.06. The number of esters is 1. The Labute approximate surface area is 223 Å². The number of urea groups is 1. The first kappa shape index (κ1) is 26.7. The molecule has 3 aromatic rings. The fourth-order valence-corrected chi connectivity index (χ4v) is 4.45. The van der Waals surface area contributed by atoms with Crippen LogP contribution in [0.25, 0.3) is 6.08 Å². The van der Waals surface area contributed by atoms with Crippen LogP contribution in [-0.4, -0.2) is 42.0 Å². The number of carbonyl (C=O) groups is 3. The molecule has 3 aromatic carbocycles. The van der Waals surface area contributed by atoms with E-state index in [0.717, 1.165) is 41.8 Å². The van der Waals surface area contributed by atoms with Gasteiger partial charge < -0.3 is 20.3 Å². The topological polar surface area (TPSA) is 87.7 Å². The van der Waals surface area contributed by atoms with E-state index in [4.69, 9.17) is 4.74 Å². The zero-order chi connectivity index (χ0) is 26.9. The van der Waals surface area contributed by atoms with Gasteiger partial charge in [-0.15, -0.1) is 0 Å². The predicted molar refractivity (Wildman–Crippen MR) is 150 cm³/mol. The summed E-state index contributed by atoms with van der Waals surface area (Å²) in [5.74, 6) is -0.252. The lowest BCUT2D eigenvalue weighted by Crippen LogP contribution is -2.35. The highest BCUT2D eigenvalue weighted by Crippen LogP contribution is 2.22. The first-order valence-corrected chi connectivity index (χ1v) is 12.9. The summed E-state index contributed by atoms with van der Waals surface area (Å²) in [6.07, 6.45) is 6.23. The molecule has 2 N–H and O–H groups in total. The minimum absolute atomic E-state index is 0.0401. The summed E-state index contributed by atoms with van der Waals surface area (Å²) < 4.78 is 5.02. The van der Waals surface area contributed by atoms with E-state index < -0.39 is 0 Å². The summed E-state index contributed by atoms with van der Waals surface area (Å²) in [6, 6.07) is 21.9. The molecule has 7 nitrogen and oxygen atoms in total. The van der Waals surface area contributed by atoms with Gasteiger partial charge in [0, 0.05) is 17.9 Å². The number of ether oxygens (including phenoxy) is 1. The lowest BCUT2D eigenvalue weighted by atomic mass is 10.1. The summed E-state index contributed by atoms with van der Waals surface area (Å²) >= 11 is 0. The second kappa shape index (κ2) is 12.7. The van der Waals surface area contributed by atoms with Crippen molar-refractivity contribution >= 4 is 35.4 Å². The highest BCUT2D eigenvalue weighted by atomic mass is 16.5. The molecule has 1 aliphatic heterocycles. The van der Waals surface area contributed by atoms with Crippen molar-refractivity contribution in [1.82, 2.24) is 4.90 Å². The molecule has 1 unspecified atom stereocenters. The molecular weight excluding hydrogens is 478 g/mol. The molecule has 7 heteroatoms. The van der Waals surface area contributed by atoms with Crippen LogP contribution in [0.4, 0.5) is 16.2 Å². The number of nitrogens with one attached hydrogen (secondary N) is 2. The second-order valence-corrected chi connectivity index (χ2v) is 9.27. The molecule has 1 atom stereocenters. The Hall–Kier alpha value is -4.39. The number of nitrogens with zero attached hydrogens (tertiary/aromatic N) is 1. The number of likely N-dealkylation sites (tertiary alicyclic amines) is 1. The molecule has 0 radical (unpaired) electrons. The maximum absolute atomic E-state index is 13.1. The maximum atomic E-state index is 13.1. The first-order chi connectivity index (χ1) is 18.4. The third kappa shape index (κ3) is 7.09. The first-order valence-electron chi connectivity index (χ1n) is 12.9. The molecule has 0 saturated carbocycles. The van der Waals surface area contributed by atoms with Gasteiger partial charge in [-0.2, -0.15) is 0 Å². The van der Waals surface area contributed by atoms with E-state index in [-0.39, 0.29) is 23.9 Å². The number of amides is 3. The molecule has 0 aliphatic carbocycles. The van der Waals surface area contributed by atoms with Crippen molar-refractivity contribution in [2.75, 3.05) is 23.8 Å². The average Bonchev–Trinajstić information content (AvgIpc) is 3.39. The molecule has 0 aromatic heterocycles. The summed E-state index contributed by atoms with van der Waals surface area (Å²) in [6.45, 7) is 4.80. The van der Waals surface area contributed by atoms with Gasteiger partial charge >= 0.3 is 12.0 Å². The third-order valence-electron chi connectivity index (χ3n) is 6.51. The Bertz CT molecular complexity index is 1300. The Morgan fingerprint density at radius 3 is 2.42 bits per heavy atom. The molecular formula is C31H33N3O4. The number of para-hydroxylation sites is 1. The zero-order valence-electron chi connectivity index (χ0n) is 21.8. The van der Waals surface area contributed by atoms with E-state index in [1.165, 1.54) is 0 Å². The van der Waals surface area contributed by atoms with Gasteiger partial charge in [-0.25, -0.2) is 9.59 Å². The van der Waals surface area contributed by atoms with Crippen LogP contribution in [0, 0.1) is 6.92 Å². The van der Waals surface area contributed by atoms with Gasteiger partial charge in [-0.1, -0.05) is 54.6 Å². The maximum Gasteiger partial charge on any atom is 0.338 e. The van der Waals surface area contributed by atoms with E-state index >= 15 is 0 Å². The van der Waals surface area contributed by atoms with Crippen LogP contribution in [0.15, 0.2) is 78.9 Å². The van der Waals surface area contributed by atoms with Gasteiger partial charge in [0.05, 0.1) is 24.6 Å². The SMILES string of the molecule is CCOC(=O)c1ccc(/C=C/C2CCCN2C(=O)Cc2ccc(NC(=O)Nc3ccccc3C)cc2)cc1. The quantitative estimate of drug-likeness (QED) is 0.360. The normalized spacial score (nSPS) is 14.9. The summed E-state index contributed by atoms with van der Waals surface area (Å²) in [4.78, 5) is 39.2. The molecule has 1 heterocycles. The summed E-state index contributed by atoms with van der Waals surface area (Å²) in [5, 5.41) is 5.67. The highest BCUT2D eigenvalue weighted by molar-refractivity contribution is 6.00. The number of benzene rings is 3. The molecule has 0 bridgehead atoms. The molecule has 1 saturated heterocycles. The Balaban J connectivity index is 1.30. The lowest BCUT2D eigenvalue weighted by molar-refractivity contribution is -0.130. The molecule has 1 fully saturated rings. The van der Waals surface area contributed by atoms with Gasteiger partial charge in [0.1, 0.15) is 0 Å². The molecule has 0 spiro atoms. The van der Waals surface area contributed by atoms with E-state index in [1.807, 2.05) is 66.4 Å². The van der Waals surface area contributed by atoms with Crippen LogP contribution in [0.5, 0.6) is 0 Å². The molecule has 196 valence electrons. The van der Waals surface area contributed by atoms with Crippen LogP contribution in [0.3, 0.4) is 0 Å². The molecule has 4 rings (SSSR count). The van der Waals surface area contributed by atoms with Gasteiger partial charge in [0.15, 0.2) is 0 Å². The van der Waals surface area contributed by atoms with Crippen molar-refractivity contribution < 1.29 is 19.1 Å². The van der Waals surface area contributed by atoms with Crippen molar-refractivity contribution in [2.45, 2.75) is 39.2 Å². The van der Waals surface area contributed by atoms with Crippen molar-refractivity contribution in [2.24, 2.45) is 0 Å². The standard InChI is InChI=1S/C31H33N3O4/c1-3-38-30(36)25-15-10-23(11-16-25)14-19-27-8-6-20-34(27)29(35)21-24-12-17-26(18-13-24)32-31(37)33-28-9-5-4-7-22(28)2/h4-5,7,9-19,27H,3,6,8,20-21H2,1-2H3,(H2,32,33,37)/b19-14+. The number of hydrogen-bond acceptors (Lipinski definition) is 4. The van der Waals surface area contributed by atoms with E-state index in [1.54, 1.807) is 31.2 Å². The number of anilines is 2. The molecule has 38 heavy (non-hydrogen) atoms. The van der Waals surface area contributed by atoms with Crippen LogP contribution in [0.1, 0.15) is 46.8 Å². The van der Waals surface area contributed by atoms with E-state index in [0.29, 0.717) is 24.3 Å². The highest BCUT2D eigenvalue weighted by Gasteiger charge is 2.26. The van der Waals surface area contributed by atoms with Crippen molar-refractivity contribution in [1.29, 1.82) is 0 Å². The largest absolute Gasteiger partial charge is 0.462 e. The van der Waals surface area contributed by atoms with Crippen LogP contribution >= 0.6 is 0 Å². The van der Waals surface area contributed by atoms with E-state index in [2.05, 4.69) is 16.7 Å². The molecule has 3 amide bonds. The van der Waals surface area contributed by atoms with Gasteiger partial charge in [0.25, 0.3) is 0 Å². The summed E-state index contributed by atoms with van der Waals surface area (Å²) in [7, 11) is 0. The van der Waals surface area contributed by atoms with Crippen molar-refractivity contribution in [3.63, 3.8) is 0 Å². The fraction of sp³-hybridized carbons (Fsp3) is 0.258. The smallest absolute Gasteiger partial charge is 0.338 e. The lowest BCUT2D eigenvalue weighted by Gasteiger charge is -2.22. The Morgan fingerprint density at radius 1 is 0.974 bits per heavy atom. The van der Waals surface area contributed by atoms with Crippen LogP contribution < -0.4 is 10.6 Å². The van der Waals surface area contributed by atoms with Gasteiger partial charge in [-0.05, 0) is 73.7 Å². The van der Waals surface area contributed by atoms with Gasteiger partial charge in [-0.3, -0.25) is 4.79 Å². The van der Waals surface area contributed by atoms with Crippen molar-refractivity contribution in [3.05, 3.63) is 101 Å². The monoisotopic (exact) mass is 511 g/mol. The number of carbonyl (C=O) groups excluding carboxylic acids is 3. The molecule has 1 aliphatic rings. The van der Waals surface area contributed by atoms with Crippen LogP contribution in [-0.2, 0) is 16.0 Å². The van der Waals surface area contributed by atoms with Gasteiger partial charge in [0.2, 0.25) is 5.91 Å². The Kier molecular flexibility index (Phi) is 8.93. The summed E-state index contributed by atoms with van der Waals surface area (Å²) in [5.41, 5.74) is 4.78.